The van der Waals surface area contributed by atoms with E-state index >= 15 is 0 Å². The average molecular weight is 427 g/mol. The molecule has 0 N–H and O–H groups in total. The number of hydrogen-bond acceptors (Lipinski definition) is 1. The second kappa shape index (κ2) is 7.78. The fraction of sp³-hybridized carbons (Fsp3) is 0.130. The molecule has 1 nitrogen and oxygen atoms in total. The molecule has 0 saturated carbocycles. The molecule has 0 aliphatic carbocycles. The summed E-state index contributed by atoms with van der Waals surface area (Å²) >= 11 is 4.37. The second-order valence-electron chi connectivity index (χ2n) is 6.53. The summed E-state index contributed by atoms with van der Waals surface area (Å²) in [5.41, 5.74) is 1.26. The minimum atomic E-state index is -2.69. The first-order valence-corrected chi connectivity index (χ1v) is 13.3. The summed E-state index contributed by atoms with van der Waals surface area (Å²) < 4.78 is 5.45. The van der Waals surface area contributed by atoms with Gasteiger partial charge in [-0.25, -0.2) is 0 Å². The fourth-order valence-electron chi connectivity index (χ4n) is 3.57. The third-order valence-corrected chi connectivity index (χ3v) is 13.9. The van der Waals surface area contributed by atoms with Gasteiger partial charge in [0.25, 0.3) is 0 Å². The maximum atomic E-state index is 5.45. The number of allylic oxidation sites excluding steroid dienone is 1. The standard InChI is InChI=1S/C23H24BrOP/c1-3-17-26(24,22-13-6-4-7-14-22,23-15-8-5-9-16-23)19-20-11-10-12-21(18-20)25-2/h3-16,18H,1,17,19H2,2H3. The van der Waals surface area contributed by atoms with Gasteiger partial charge in [0.2, 0.25) is 0 Å². The Morgan fingerprint density at radius 2 is 1.46 bits per heavy atom. The molecule has 3 aromatic rings. The SMILES string of the molecule is C=CCP(Br)(Cc1cccc(OC)c1)(c1ccccc1)c1ccccc1. The van der Waals surface area contributed by atoms with Gasteiger partial charge in [-0.3, -0.25) is 0 Å². The molecule has 0 bridgehead atoms. The Bertz CT molecular complexity index is 837. The van der Waals surface area contributed by atoms with Crippen LogP contribution < -0.4 is 15.3 Å². The molecule has 3 aromatic carbocycles. The third-order valence-electron chi connectivity index (χ3n) is 4.85. The Morgan fingerprint density at radius 3 is 1.96 bits per heavy atom. The van der Waals surface area contributed by atoms with Gasteiger partial charge in [0, 0.05) is 0 Å². The van der Waals surface area contributed by atoms with Crippen LogP contribution in [0.25, 0.3) is 0 Å². The first-order valence-electron chi connectivity index (χ1n) is 8.67. The van der Waals surface area contributed by atoms with Gasteiger partial charge >= 0.3 is 164 Å². The maximum absolute atomic E-state index is 5.45. The zero-order valence-electron chi connectivity index (χ0n) is 15.0. The molecular formula is C23H24BrOP. The molecule has 0 aromatic heterocycles. The van der Waals surface area contributed by atoms with Crippen LogP contribution in [0.4, 0.5) is 0 Å². The van der Waals surface area contributed by atoms with Gasteiger partial charge in [0.15, 0.2) is 0 Å². The van der Waals surface area contributed by atoms with Crippen LogP contribution in [0, 0.1) is 0 Å². The van der Waals surface area contributed by atoms with E-state index in [1.54, 1.807) is 7.11 Å². The molecule has 0 atom stereocenters. The van der Waals surface area contributed by atoms with E-state index in [9.17, 15) is 0 Å². The quantitative estimate of drug-likeness (QED) is 0.337. The average Bonchev–Trinajstić information content (AvgIpc) is 2.70. The molecule has 3 rings (SSSR count). The number of rotatable bonds is 7. The number of ether oxygens (including phenoxy) is 1. The molecular weight excluding hydrogens is 403 g/mol. The summed E-state index contributed by atoms with van der Waals surface area (Å²) in [7, 11) is 1.71. The Kier molecular flexibility index (Phi) is 5.65. The molecule has 0 aliphatic rings. The van der Waals surface area contributed by atoms with Crippen molar-refractivity contribution in [1.82, 2.24) is 0 Å². The van der Waals surface area contributed by atoms with E-state index in [1.165, 1.54) is 16.2 Å². The summed E-state index contributed by atoms with van der Waals surface area (Å²) in [6, 6.07) is 30.0. The first-order chi connectivity index (χ1) is 12.6. The van der Waals surface area contributed by atoms with Gasteiger partial charge in [-0.05, 0) is 0 Å². The van der Waals surface area contributed by atoms with Gasteiger partial charge in [-0.1, -0.05) is 0 Å². The van der Waals surface area contributed by atoms with Crippen LogP contribution in [0.15, 0.2) is 97.6 Å². The van der Waals surface area contributed by atoms with E-state index in [2.05, 4.69) is 101 Å². The number of halogens is 1. The summed E-state index contributed by atoms with van der Waals surface area (Å²) in [5, 5.41) is -0.0108. The number of benzene rings is 3. The van der Waals surface area contributed by atoms with E-state index in [0.717, 1.165) is 18.1 Å². The third kappa shape index (κ3) is 3.49. The number of methoxy groups -OCH3 is 1. The van der Waals surface area contributed by atoms with Crippen LogP contribution in [0.2, 0.25) is 0 Å². The molecule has 0 fully saturated rings. The number of hydrogen-bond donors (Lipinski definition) is 0. The van der Waals surface area contributed by atoms with Crippen LogP contribution in [-0.2, 0) is 6.16 Å². The van der Waals surface area contributed by atoms with Crippen LogP contribution in [-0.4, -0.2) is 13.3 Å². The zero-order valence-corrected chi connectivity index (χ0v) is 17.5. The van der Waals surface area contributed by atoms with Crippen molar-refractivity contribution in [1.29, 1.82) is 0 Å². The van der Waals surface area contributed by atoms with Crippen molar-refractivity contribution in [2.24, 2.45) is 0 Å². The predicted octanol–water partition coefficient (Wildman–Crippen LogP) is 5.90. The molecule has 0 saturated heterocycles. The van der Waals surface area contributed by atoms with E-state index in [4.69, 9.17) is 4.74 Å². The Balaban J connectivity index is 2.25. The van der Waals surface area contributed by atoms with E-state index in [0.29, 0.717) is 0 Å². The zero-order chi connectivity index (χ0) is 18.5. The van der Waals surface area contributed by atoms with Crippen LogP contribution in [0.1, 0.15) is 5.56 Å². The predicted molar refractivity (Wildman–Crippen MR) is 120 cm³/mol. The molecule has 134 valence electrons. The van der Waals surface area contributed by atoms with Crippen molar-refractivity contribution >= 4 is 31.4 Å². The fourth-order valence-corrected chi connectivity index (χ4v) is 10.9. The monoisotopic (exact) mass is 426 g/mol. The molecule has 26 heavy (non-hydrogen) atoms. The molecule has 0 aliphatic heterocycles. The van der Waals surface area contributed by atoms with E-state index < -0.39 is 5.31 Å². The van der Waals surface area contributed by atoms with Crippen LogP contribution in [0.3, 0.4) is 0 Å². The first kappa shape index (κ1) is 18.9. The Hall–Kier alpha value is -1.89. The van der Waals surface area contributed by atoms with Gasteiger partial charge in [0.05, 0.1) is 0 Å². The molecule has 3 heteroatoms. The summed E-state index contributed by atoms with van der Waals surface area (Å²) in [6.07, 6.45) is 3.84. The van der Waals surface area contributed by atoms with Crippen molar-refractivity contribution in [3.8, 4) is 5.75 Å². The van der Waals surface area contributed by atoms with Gasteiger partial charge in [0.1, 0.15) is 0 Å². The molecule has 0 heterocycles. The Labute approximate surface area is 164 Å². The summed E-state index contributed by atoms with van der Waals surface area (Å²) in [5.74, 6) is 0.889. The molecule has 0 radical (unpaired) electrons. The van der Waals surface area contributed by atoms with Crippen LogP contribution >= 0.6 is 20.8 Å². The van der Waals surface area contributed by atoms with Gasteiger partial charge in [-0.15, -0.1) is 0 Å². The topological polar surface area (TPSA) is 9.23 Å². The minimum absolute atomic E-state index is 0.886. The van der Waals surface area contributed by atoms with Crippen molar-refractivity contribution in [2.45, 2.75) is 6.16 Å². The molecule has 0 spiro atoms. The van der Waals surface area contributed by atoms with Crippen molar-refractivity contribution in [3.05, 3.63) is 103 Å². The van der Waals surface area contributed by atoms with Crippen molar-refractivity contribution in [3.63, 3.8) is 0 Å². The molecule has 0 unspecified atom stereocenters. The van der Waals surface area contributed by atoms with Gasteiger partial charge in [-0.2, -0.15) is 0 Å². The summed E-state index contributed by atoms with van der Waals surface area (Å²) in [4.78, 5) is 0. The van der Waals surface area contributed by atoms with Crippen molar-refractivity contribution < 1.29 is 4.74 Å². The van der Waals surface area contributed by atoms with E-state index in [-0.39, 0.29) is 0 Å². The Morgan fingerprint density at radius 1 is 0.885 bits per heavy atom. The molecule has 0 amide bonds. The van der Waals surface area contributed by atoms with Gasteiger partial charge < -0.3 is 0 Å². The van der Waals surface area contributed by atoms with E-state index in [1.807, 2.05) is 12.1 Å². The second-order valence-corrected chi connectivity index (χ2v) is 16.1. The van der Waals surface area contributed by atoms with Crippen LogP contribution in [0.5, 0.6) is 5.75 Å². The summed E-state index contributed by atoms with van der Waals surface area (Å²) in [6.45, 7) is 4.10. The normalized spacial score (nSPS) is 12.8. The van der Waals surface area contributed by atoms with Crippen molar-refractivity contribution in [2.75, 3.05) is 13.3 Å².